The summed E-state index contributed by atoms with van der Waals surface area (Å²) in [5.74, 6) is 1.83. The Labute approximate surface area is 113 Å². The van der Waals surface area contributed by atoms with Gasteiger partial charge in [-0.15, -0.1) is 0 Å². The molecule has 18 heavy (non-hydrogen) atoms. The predicted octanol–water partition coefficient (Wildman–Crippen LogP) is 2.15. The molecule has 0 aliphatic carbocycles. The minimum Gasteiger partial charge on any atom is -0.396 e. The number of aliphatic hydroxyl groups is 1. The molecule has 2 aliphatic heterocycles. The lowest BCUT2D eigenvalue weighted by Gasteiger charge is -2.21. The maximum absolute atomic E-state index is 8.60. The van der Waals surface area contributed by atoms with Crippen LogP contribution in [0.1, 0.15) is 51.9 Å². The van der Waals surface area contributed by atoms with E-state index in [1.807, 2.05) is 0 Å². The van der Waals surface area contributed by atoms with Gasteiger partial charge in [-0.1, -0.05) is 19.8 Å². The monoisotopic (exact) mass is 256 g/mol. The first-order valence-corrected chi connectivity index (χ1v) is 7.89. The Bertz CT molecular complexity index is 150. The zero-order valence-corrected chi connectivity index (χ0v) is 12.1. The van der Waals surface area contributed by atoms with E-state index in [4.69, 9.17) is 5.11 Å². The van der Waals surface area contributed by atoms with Gasteiger partial charge < -0.3 is 15.7 Å². The Kier molecular flexibility index (Phi) is 9.54. The van der Waals surface area contributed by atoms with Crippen LogP contribution >= 0.6 is 0 Å². The third-order valence-electron chi connectivity index (χ3n) is 4.15. The molecule has 2 aliphatic rings. The van der Waals surface area contributed by atoms with Crippen LogP contribution in [0.15, 0.2) is 0 Å². The van der Waals surface area contributed by atoms with Crippen LogP contribution in [0, 0.1) is 11.8 Å². The van der Waals surface area contributed by atoms with Crippen LogP contribution in [0.5, 0.6) is 0 Å². The second kappa shape index (κ2) is 10.8. The second-order valence-corrected chi connectivity index (χ2v) is 5.69. The molecule has 0 amide bonds. The van der Waals surface area contributed by atoms with Crippen molar-refractivity contribution in [2.75, 3.05) is 32.8 Å². The van der Waals surface area contributed by atoms with Gasteiger partial charge in [-0.25, -0.2) is 0 Å². The quantitative estimate of drug-likeness (QED) is 0.722. The maximum Gasteiger partial charge on any atom is 0.0433 e. The molecule has 0 atom stereocenters. The van der Waals surface area contributed by atoms with Crippen LogP contribution in [0.4, 0.5) is 0 Å². The SMILES string of the molecule is CCCC1CCNCC1.OCCC1CCNCC1. The Morgan fingerprint density at radius 3 is 1.67 bits per heavy atom. The van der Waals surface area contributed by atoms with Gasteiger partial charge >= 0.3 is 0 Å². The summed E-state index contributed by atoms with van der Waals surface area (Å²) in [5, 5.41) is 15.3. The number of piperidine rings is 2. The molecule has 3 N–H and O–H groups in total. The van der Waals surface area contributed by atoms with E-state index in [-0.39, 0.29) is 0 Å². The van der Waals surface area contributed by atoms with Gasteiger partial charge in [0.1, 0.15) is 0 Å². The van der Waals surface area contributed by atoms with Gasteiger partial charge in [-0.2, -0.15) is 0 Å². The number of aliphatic hydroxyl groups excluding tert-OH is 1. The van der Waals surface area contributed by atoms with Crippen molar-refractivity contribution in [2.24, 2.45) is 11.8 Å². The lowest BCUT2D eigenvalue weighted by atomic mass is 9.94. The van der Waals surface area contributed by atoms with Crippen molar-refractivity contribution in [3.8, 4) is 0 Å². The van der Waals surface area contributed by atoms with Crippen molar-refractivity contribution in [2.45, 2.75) is 51.9 Å². The van der Waals surface area contributed by atoms with Crippen LogP contribution in [0.2, 0.25) is 0 Å². The molecule has 2 rings (SSSR count). The molecule has 2 heterocycles. The lowest BCUT2D eigenvalue weighted by Crippen LogP contribution is -2.28. The zero-order chi connectivity index (χ0) is 13.1. The summed E-state index contributed by atoms with van der Waals surface area (Å²) in [7, 11) is 0. The summed E-state index contributed by atoms with van der Waals surface area (Å²) in [5.41, 5.74) is 0. The number of nitrogens with one attached hydrogen (secondary N) is 2. The predicted molar refractivity (Wildman–Crippen MR) is 77.8 cm³/mol. The minimum atomic E-state index is 0.366. The van der Waals surface area contributed by atoms with Gasteiger partial charge in [0.25, 0.3) is 0 Å². The molecule has 0 spiro atoms. The van der Waals surface area contributed by atoms with E-state index >= 15 is 0 Å². The summed E-state index contributed by atoms with van der Waals surface area (Å²) >= 11 is 0. The number of rotatable bonds is 4. The Hall–Kier alpha value is -0.120. The standard InChI is InChI=1S/C8H17N.C7H15NO/c1-2-3-8-4-6-9-7-5-8;9-6-3-7-1-4-8-5-2-7/h8-9H,2-7H2,1H3;7-9H,1-6H2. The largest absolute Gasteiger partial charge is 0.396 e. The van der Waals surface area contributed by atoms with Crippen molar-refractivity contribution < 1.29 is 5.11 Å². The molecule has 0 aromatic carbocycles. The molecule has 0 saturated carbocycles. The summed E-state index contributed by atoms with van der Waals surface area (Å²) in [6.45, 7) is 7.44. The van der Waals surface area contributed by atoms with Gasteiger partial charge in [0.15, 0.2) is 0 Å². The molecule has 0 aromatic rings. The molecule has 0 unspecified atom stereocenters. The molecule has 0 radical (unpaired) electrons. The minimum absolute atomic E-state index is 0.366. The van der Waals surface area contributed by atoms with Gasteiger partial charge in [0.05, 0.1) is 0 Å². The molecular formula is C15H32N2O. The highest BCUT2D eigenvalue weighted by Gasteiger charge is 2.11. The summed E-state index contributed by atoms with van der Waals surface area (Å²) < 4.78 is 0. The van der Waals surface area contributed by atoms with Gasteiger partial charge in [-0.3, -0.25) is 0 Å². The normalized spacial score (nSPS) is 22.3. The average molecular weight is 256 g/mol. The molecular weight excluding hydrogens is 224 g/mol. The van der Waals surface area contributed by atoms with E-state index in [1.165, 1.54) is 51.6 Å². The fourth-order valence-electron chi connectivity index (χ4n) is 2.93. The molecule has 3 nitrogen and oxygen atoms in total. The van der Waals surface area contributed by atoms with Crippen molar-refractivity contribution in [3.63, 3.8) is 0 Å². The van der Waals surface area contributed by atoms with Gasteiger partial charge in [0, 0.05) is 6.61 Å². The van der Waals surface area contributed by atoms with E-state index in [1.54, 1.807) is 0 Å². The van der Waals surface area contributed by atoms with Crippen LogP contribution in [0.25, 0.3) is 0 Å². The van der Waals surface area contributed by atoms with Crippen molar-refractivity contribution in [3.05, 3.63) is 0 Å². The molecule has 3 heteroatoms. The molecule has 2 saturated heterocycles. The van der Waals surface area contributed by atoms with E-state index < -0.39 is 0 Å². The first kappa shape index (κ1) is 15.9. The van der Waals surface area contributed by atoms with Crippen LogP contribution in [-0.4, -0.2) is 37.9 Å². The van der Waals surface area contributed by atoms with E-state index in [2.05, 4.69) is 17.6 Å². The highest BCUT2D eigenvalue weighted by Crippen LogP contribution is 2.16. The number of hydrogen-bond donors (Lipinski definition) is 3. The summed E-state index contributed by atoms with van der Waals surface area (Å²) in [6.07, 6.45) is 9.14. The Morgan fingerprint density at radius 2 is 1.28 bits per heavy atom. The molecule has 2 fully saturated rings. The third kappa shape index (κ3) is 7.34. The molecule has 108 valence electrons. The fourth-order valence-corrected chi connectivity index (χ4v) is 2.93. The van der Waals surface area contributed by atoms with E-state index in [9.17, 15) is 0 Å². The number of hydrogen-bond acceptors (Lipinski definition) is 3. The van der Waals surface area contributed by atoms with E-state index in [0.717, 1.165) is 31.3 Å². The molecule has 0 aromatic heterocycles. The fraction of sp³-hybridized carbons (Fsp3) is 1.00. The molecule has 0 bridgehead atoms. The zero-order valence-electron chi connectivity index (χ0n) is 12.1. The first-order chi connectivity index (χ1) is 8.86. The third-order valence-corrected chi connectivity index (χ3v) is 4.15. The first-order valence-electron chi connectivity index (χ1n) is 7.89. The maximum atomic E-state index is 8.60. The Balaban J connectivity index is 0.000000180. The van der Waals surface area contributed by atoms with Gasteiger partial charge in [0.2, 0.25) is 0 Å². The van der Waals surface area contributed by atoms with Crippen LogP contribution in [-0.2, 0) is 0 Å². The smallest absolute Gasteiger partial charge is 0.0433 e. The van der Waals surface area contributed by atoms with Crippen LogP contribution in [0.3, 0.4) is 0 Å². The topological polar surface area (TPSA) is 44.3 Å². The van der Waals surface area contributed by atoms with Crippen molar-refractivity contribution in [1.82, 2.24) is 10.6 Å². The summed E-state index contributed by atoms with van der Waals surface area (Å²) in [4.78, 5) is 0. The van der Waals surface area contributed by atoms with Crippen molar-refractivity contribution in [1.29, 1.82) is 0 Å². The highest BCUT2D eigenvalue weighted by atomic mass is 16.3. The lowest BCUT2D eigenvalue weighted by molar-refractivity contribution is 0.235. The van der Waals surface area contributed by atoms with Crippen molar-refractivity contribution >= 4 is 0 Å². The van der Waals surface area contributed by atoms with Crippen LogP contribution < -0.4 is 10.6 Å². The summed E-state index contributed by atoms with van der Waals surface area (Å²) in [6, 6.07) is 0. The highest BCUT2D eigenvalue weighted by molar-refractivity contribution is 4.68. The van der Waals surface area contributed by atoms with Gasteiger partial charge in [-0.05, 0) is 70.1 Å². The average Bonchev–Trinajstić information content (AvgIpc) is 2.43. The van der Waals surface area contributed by atoms with E-state index in [0.29, 0.717) is 6.61 Å². The second-order valence-electron chi connectivity index (χ2n) is 5.69. The Morgan fingerprint density at radius 1 is 0.833 bits per heavy atom.